The smallest absolute Gasteiger partial charge is 0.258 e. The summed E-state index contributed by atoms with van der Waals surface area (Å²) < 4.78 is 11.0. The van der Waals surface area contributed by atoms with Crippen molar-refractivity contribution in [3.05, 3.63) is 77.3 Å². The van der Waals surface area contributed by atoms with Crippen LogP contribution in [0.1, 0.15) is 30.0 Å². The topological polar surface area (TPSA) is 63.4 Å². The molecule has 0 saturated heterocycles. The number of benzene rings is 2. The van der Waals surface area contributed by atoms with Crippen LogP contribution >= 0.6 is 12.2 Å². The lowest BCUT2D eigenvalue weighted by Crippen LogP contribution is -2.47. The van der Waals surface area contributed by atoms with Crippen LogP contribution in [0.3, 0.4) is 0 Å². The van der Waals surface area contributed by atoms with Crippen molar-refractivity contribution in [2.75, 3.05) is 20.3 Å². The Kier molecular flexibility index (Phi) is 5.92. The van der Waals surface area contributed by atoms with E-state index in [2.05, 4.69) is 22.6 Å². The summed E-state index contributed by atoms with van der Waals surface area (Å²) in [6.45, 7) is 5.27. The van der Waals surface area contributed by atoms with E-state index in [9.17, 15) is 0 Å². The number of aryl methyl sites for hydroxylation is 1. The Morgan fingerprint density at radius 1 is 1.13 bits per heavy atom. The van der Waals surface area contributed by atoms with Crippen molar-refractivity contribution in [3.8, 4) is 11.4 Å². The van der Waals surface area contributed by atoms with Gasteiger partial charge in [0.25, 0.3) is 5.89 Å². The summed E-state index contributed by atoms with van der Waals surface area (Å²) in [4.78, 5) is 6.75. The Morgan fingerprint density at radius 2 is 1.93 bits per heavy atom. The van der Waals surface area contributed by atoms with Crippen LogP contribution in [0.2, 0.25) is 0 Å². The number of methoxy groups -OCH3 is 1. The summed E-state index contributed by atoms with van der Waals surface area (Å²) in [6, 6.07) is 18.0. The summed E-state index contributed by atoms with van der Waals surface area (Å²) in [6.07, 6.45) is 0. The number of hydrogen-bond acceptors (Lipinski definition) is 5. The second-order valence-corrected chi connectivity index (χ2v) is 7.62. The van der Waals surface area contributed by atoms with E-state index in [1.165, 1.54) is 0 Å². The van der Waals surface area contributed by atoms with E-state index in [1.54, 1.807) is 7.11 Å². The van der Waals surface area contributed by atoms with Gasteiger partial charge in [-0.15, -0.1) is 0 Å². The van der Waals surface area contributed by atoms with Gasteiger partial charge >= 0.3 is 0 Å². The fourth-order valence-corrected chi connectivity index (χ4v) is 3.99. The van der Waals surface area contributed by atoms with Crippen LogP contribution in [-0.2, 0) is 4.74 Å². The second-order valence-electron chi connectivity index (χ2n) is 7.23. The summed E-state index contributed by atoms with van der Waals surface area (Å²) in [5.41, 5.74) is 5.04. The first-order chi connectivity index (χ1) is 14.6. The number of rotatable bonds is 6. The highest BCUT2D eigenvalue weighted by Gasteiger charge is 2.33. The first-order valence-corrected chi connectivity index (χ1v) is 10.2. The van der Waals surface area contributed by atoms with Crippen LogP contribution in [0.25, 0.3) is 17.0 Å². The highest BCUT2D eigenvalue weighted by atomic mass is 32.1. The normalized spacial score (nSPS) is 16.7. The van der Waals surface area contributed by atoms with Crippen LogP contribution in [0.5, 0.6) is 0 Å². The molecule has 2 aromatic carbocycles. The Bertz CT molecular complexity index is 1080. The number of hydrogen-bond donors (Lipinski definition) is 1. The minimum Gasteiger partial charge on any atom is -0.383 e. The van der Waals surface area contributed by atoms with E-state index in [4.69, 9.17) is 26.5 Å². The maximum absolute atomic E-state index is 5.75. The highest BCUT2D eigenvalue weighted by molar-refractivity contribution is 7.80. The van der Waals surface area contributed by atoms with Crippen LogP contribution in [0, 0.1) is 6.92 Å². The zero-order valence-electron chi connectivity index (χ0n) is 17.3. The van der Waals surface area contributed by atoms with Crippen LogP contribution in [-0.4, -0.2) is 40.4 Å². The lowest BCUT2D eigenvalue weighted by atomic mass is 9.95. The molecule has 1 aliphatic rings. The molecular weight excluding hydrogens is 396 g/mol. The standard InChI is InChI=1S/C23H24N4O2S/c1-15-8-7-11-18(14-15)21-25-22(29-26-21)19-16(2)27(12-13-28-3)23(30)24-20(19)17-9-5-4-6-10-17/h4-11,14,20H,12-13H2,1-3H3,(H,24,30). The minimum absolute atomic E-state index is 0.177. The molecule has 0 radical (unpaired) electrons. The number of thiocarbonyl (C=S) groups is 1. The molecule has 154 valence electrons. The van der Waals surface area contributed by atoms with Gasteiger partial charge < -0.3 is 19.5 Å². The molecule has 0 saturated carbocycles. The molecule has 3 aromatic rings. The van der Waals surface area contributed by atoms with Crippen molar-refractivity contribution in [2.45, 2.75) is 19.9 Å². The minimum atomic E-state index is -0.177. The van der Waals surface area contributed by atoms with Gasteiger partial charge in [0.1, 0.15) is 0 Å². The van der Waals surface area contributed by atoms with E-state index < -0.39 is 0 Å². The maximum Gasteiger partial charge on any atom is 0.258 e. The average molecular weight is 421 g/mol. The Hall–Kier alpha value is -3.03. The zero-order chi connectivity index (χ0) is 21.1. The average Bonchev–Trinajstić information content (AvgIpc) is 3.23. The lowest BCUT2D eigenvalue weighted by Gasteiger charge is -2.37. The van der Waals surface area contributed by atoms with Gasteiger partial charge in [0.2, 0.25) is 5.82 Å². The van der Waals surface area contributed by atoms with Gasteiger partial charge in [-0.2, -0.15) is 4.98 Å². The van der Waals surface area contributed by atoms with Crippen molar-refractivity contribution < 1.29 is 9.26 Å². The second kappa shape index (κ2) is 8.77. The predicted octanol–water partition coefficient (Wildman–Crippen LogP) is 4.35. The molecule has 4 rings (SSSR count). The van der Waals surface area contributed by atoms with E-state index in [-0.39, 0.29) is 6.04 Å². The number of nitrogens with zero attached hydrogens (tertiary/aromatic N) is 3. The molecule has 0 spiro atoms. The van der Waals surface area contributed by atoms with Gasteiger partial charge in [-0.1, -0.05) is 59.3 Å². The largest absolute Gasteiger partial charge is 0.383 e. The molecule has 0 bridgehead atoms. The summed E-state index contributed by atoms with van der Waals surface area (Å²) >= 11 is 5.65. The summed E-state index contributed by atoms with van der Waals surface area (Å²) in [7, 11) is 1.68. The van der Waals surface area contributed by atoms with Gasteiger partial charge in [0, 0.05) is 24.9 Å². The first kappa shape index (κ1) is 20.3. The van der Waals surface area contributed by atoms with Gasteiger partial charge in [-0.3, -0.25) is 0 Å². The van der Waals surface area contributed by atoms with Crippen LogP contribution in [0.4, 0.5) is 0 Å². The van der Waals surface area contributed by atoms with Crippen LogP contribution < -0.4 is 5.32 Å². The first-order valence-electron chi connectivity index (χ1n) is 9.82. The van der Waals surface area contributed by atoms with Gasteiger partial charge in [-0.25, -0.2) is 0 Å². The maximum atomic E-state index is 5.75. The fourth-order valence-electron chi connectivity index (χ4n) is 3.64. The molecule has 1 atom stereocenters. The molecule has 0 aliphatic carbocycles. The molecule has 6 nitrogen and oxygen atoms in total. The third kappa shape index (κ3) is 3.99. The number of nitrogens with one attached hydrogen (secondary N) is 1. The van der Waals surface area contributed by atoms with Crippen molar-refractivity contribution in [3.63, 3.8) is 0 Å². The summed E-state index contributed by atoms with van der Waals surface area (Å²) in [5.74, 6) is 1.05. The highest BCUT2D eigenvalue weighted by Crippen LogP contribution is 2.37. The lowest BCUT2D eigenvalue weighted by molar-refractivity contribution is 0.183. The summed E-state index contributed by atoms with van der Waals surface area (Å²) in [5, 5.41) is 8.35. The van der Waals surface area contributed by atoms with E-state index in [1.807, 2.05) is 61.2 Å². The Labute approximate surface area is 181 Å². The van der Waals surface area contributed by atoms with Gasteiger partial charge in [0.15, 0.2) is 5.11 Å². The third-order valence-corrected chi connectivity index (χ3v) is 5.52. The van der Waals surface area contributed by atoms with Crippen LogP contribution in [0.15, 0.2) is 64.8 Å². The predicted molar refractivity (Wildman–Crippen MR) is 121 cm³/mol. The Balaban J connectivity index is 1.79. The molecule has 0 fully saturated rings. The molecule has 7 heteroatoms. The van der Waals surface area contributed by atoms with Gasteiger partial charge in [0.05, 0.1) is 18.2 Å². The molecular formula is C23H24N4O2S. The third-order valence-electron chi connectivity index (χ3n) is 5.18. The molecule has 1 aliphatic heterocycles. The zero-order valence-corrected chi connectivity index (χ0v) is 18.1. The molecule has 2 heterocycles. The van der Waals surface area contributed by atoms with Crippen molar-refractivity contribution in [1.29, 1.82) is 0 Å². The molecule has 1 N–H and O–H groups in total. The Morgan fingerprint density at radius 3 is 2.67 bits per heavy atom. The van der Waals surface area contributed by atoms with E-state index in [0.29, 0.717) is 30.0 Å². The fraction of sp³-hybridized carbons (Fsp3) is 0.261. The number of ether oxygens (including phenoxy) is 1. The van der Waals surface area contributed by atoms with Crippen molar-refractivity contribution >= 4 is 22.9 Å². The monoisotopic (exact) mass is 420 g/mol. The SMILES string of the molecule is COCCN1C(=S)NC(c2ccccc2)C(c2nc(-c3cccc(C)c3)no2)=C1C. The molecule has 30 heavy (non-hydrogen) atoms. The quantitative estimate of drug-likeness (QED) is 0.595. The van der Waals surface area contributed by atoms with Gasteiger partial charge in [-0.05, 0) is 37.7 Å². The van der Waals surface area contributed by atoms with Crippen molar-refractivity contribution in [2.24, 2.45) is 0 Å². The van der Waals surface area contributed by atoms with Crippen molar-refractivity contribution in [1.82, 2.24) is 20.4 Å². The van der Waals surface area contributed by atoms with E-state index >= 15 is 0 Å². The number of allylic oxidation sites excluding steroid dienone is 1. The molecule has 1 aromatic heterocycles. The molecule has 1 unspecified atom stereocenters. The number of aromatic nitrogens is 2. The molecule has 0 amide bonds. The van der Waals surface area contributed by atoms with E-state index in [0.717, 1.165) is 28.0 Å².